The number of likely N-dealkylation sites (tertiary alicyclic amines) is 1. The Morgan fingerprint density at radius 2 is 1.88 bits per heavy atom. The van der Waals surface area contributed by atoms with Crippen LogP contribution in [0.1, 0.15) is 18.4 Å². The number of ketones is 1. The van der Waals surface area contributed by atoms with Crippen molar-refractivity contribution in [2.24, 2.45) is 5.92 Å². The Morgan fingerprint density at radius 1 is 1.24 bits per heavy atom. The van der Waals surface area contributed by atoms with Crippen molar-refractivity contribution in [1.82, 2.24) is 4.90 Å². The van der Waals surface area contributed by atoms with Crippen LogP contribution in [-0.2, 0) is 20.9 Å². The number of esters is 1. The Hall–Kier alpha value is -3.45. The number of carbonyl (C=O) groups excluding carboxylic acids is 2. The first-order chi connectivity index (χ1) is 15.4. The van der Waals surface area contributed by atoms with Crippen LogP contribution in [0.3, 0.4) is 0 Å². The molecule has 1 aliphatic heterocycles. The minimum absolute atomic E-state index is 0.113. The average molecular weight is 482 g/mol. The highest BCUT2D eigenvalue weighted by Crippen LogP contribution is 2.36. The van der Waals surface area contributed by atoms with Crippen molar-refractivity contribution < 1.29 is 50.7 Å². The lowest BCUT2D eigenvalue weighted by atomic mass is 9.97. The maximum absolute atomic E-state index is 12.5. The largest absolute Gasteiger partial charge is 0.493 e. The van der Waals surface area contributed by atoms with E-state index in [0.717, 1.165) is 25.4 Å². The van der Waals surface area contributed by atoms with Gasteiger partial charge in [-0.1, -0.05) is 0 Å². The summed E-state index contributed by atoms with van der Waals surface area (Å²) < 4.78 is 75.9. The molecule has 0 amide bonds. The van der Waals surface area contributed by atoms with Crippen LogP contribution in [0.2, 0.25) is 0 Å². The fraction of sp³-hybridized carbons (Fsp3) is 0.474. The molecule has 1 fully saturated rings. The van der Waals surface area contributed by atoms with Gasteiger partial charge in [-0.2, -0.15) is 22.0 Å². The fourth-order valence-electron chi connectivity index (χ4n) is 3.04. The van der Waals surface area contributed by atoms with E-state index in [9.17, 15) is 41.7 Å². The number of alkyl halides is 5. The monoisotopic (exact) mass is 482 g/mol. The molecule has 9 nitrogen and oxygen atoms in total. The van der Waals surface area contributed by atoms with Gasteiger partial charge in [0.05, 0.1) is 29.6 Å². The normalized spacial score (nSPS) is 15.1. The van der Waals surface area contributed by atoms with E-state index in [1.807, 2.05) is 0 Å². The molecule has 0 aliphatic carbocycles. The van der Waals surface area contributed by atoms with E-state index in [1.165, 1.54) is 4.90 Å². The van der Waals surface area contributed by atoms with Crippen molar-refractivity contribution in [1.29, 1.82) is 0 Å². The van der Waals surface area contributed by atoms with Gasteiger partial charge in [-0.25, -0.2) is 0 Å². The molecule has 1 aromatic carbocycles. The van der Waals surface area contributed by atoms with Gasteiger partial charge >= 0.3 is 18.8 Å². The van der Waals surface area contributed by atoms with Crippen LogP contribution < -0.4 is 9.47 Å². The summed E-state index contributed by atoms with van der Waals surface area (Å²) in [6.45, 7) is -3.40. The van der Waals surface area contributed by atoms with Gasteiger partial charge in [0.2, 0.25) is 0 Å². The number of nitro groups is 1. The topological polar surface area (TPSA) is 108 Å². The summed E-state index contributed by atoms with van der Waals surface area (Å²) in [6.07, 6.45) is -3.11. The second-order valence-corrected chi connectivity index (χ2v) is 6.86. The lowest BCUT2D eigenvalue weighted by Crippen LogP contribution is -2.34. The summed E-state index contributed by atoms with van der Waals surface area (Å²) in [5, 5.41) is 11.3. The molecule has 1 aromatic rings. The third kappa shape index (κ3) is 7.29. The molecule has 0 N–H and O–H groups in total. The van der Waals surface area contributed by atoms with Gasteiger partial charge in [-0.15, -0.1) is 0 Å². The Bertz CT molecular complexity index is 913. The van der Waals surface area contributed by atoms with Crippen LogP contribution in [0.5, 0.6) is 11.5 Å². The number of benzene rings is 1. The maximum Gasteiger partial charge on any atom is 0.454 e. The van der Waals surface area contributed by atoms with Gasteiger partial charge in [0.1, 0.15) is 6.61 Å². The Labute approximate surface area is 183 Å². The highest BCUT2D eigenvalue weighted by molar-refractivity contribution is 5.94. The van der Waals surface area contributed by atoms with Gasteiger partial charge in [-0.05, 0) is 18.9 Å². The molecule has 0 spiro atoms. The molecule has 0 radical (unpaired) electrons. The number of piperidine rings is 1. The number of halogens is 5. The molecule has 0 atom stereocenters. The zero-order chi connectivity index (χ0) is 24.8. The molecule has 0 bridgehead atoms. The number of hydrogen-bond donors (Lipinski definition) is 0. The van der Waals surface area contributed by atoms with Crippen molar-refractivity contribution in [3.05, 3.63) is 40.1 Å². The summed E-state index contributed by atoms with van der Waals surface area (Å²) >= 11 is 0. The van der Waals surface area contributed by atoms with Gasteiger partial charge in [-0.3, -0.25) is 19.7 Å². The molecule has 33 heavy (non-hydrogen) atoms. The highest BCUT2D eigenvalue weighted by atomic mass is 19.4. The van der Waals surface area contributed by atoms with Crippen molar-refractivity contribution in [3.63, 3.8) is 0 Å². The number of rotatable bonds is 9. The Kier molecular flexibility index (Phi) is 8.54. The first-order valence-electron chi connectivity index (χ1n) is 9.42. The Morgan fingerprint density at radius 3 is 2.39 bits per heavy atom. The van der Waals surface area contributed by atoms with Crippen molar-refractivity contribution >= 4 is 17.4 Å². The lowest BCUT2D eigenvalue weighted by molar-refractivity contribution is -0.386. The van der Waals surface area contributed by atoms with Gasteiger partial charge in [0.25, 0.3) is 11.5 Å². The van der Waals surface area contributed by atoms with Gasteiger partial charge in [0.15, 0.2) is 11.5 Å². The second kappa shape index (κ2) is 10.9. The summed E-state index contributed by atoms with van der Waals surface area (Å²) in [4.78, 5) is 35.1. The second-order valence-electron chi connectivity index (χ2n) is 6.86. The zero-order valence-corrected chi connectivity index (χ0v) is 17.1. The van der Waals surface area contributed by atoms with E-state index in [4.69, 9.17) is 9.47 Å². The van der Waals surface area contributed by atoms with Crippen LogP contribution >= 0.6 is 0 Å². The number of hydrogen-bond acceptors (Lipinski definition) is 8. The number of allylic oxidation sites excluding steroid dienone is 1. The summed E-state index contributed by atoms with van der Waals surface area (Å²) in [5.41, 5.74) is -0.730. The number of methoxy groups -OCH3 is 1. The molecular weight excluding hydrogens is 463 g/mol. The van der Waals surface area contributed by atoms with Crippen LogP contribution in [0.4, 0.5) is 27.6 Å². The van der Waals surface area contributed by atoms with Crippen LogP contribution in [-0.4, -0.2) is 54.6 Å². The molecule has 14 heteroatoms. The highest BCUT2D eigenvalue weighted by Gasteiger charge is 2.36. The minimum Gasteiger partial charge on any atom is -0.493 e. The molecule has 0 unspecified atom stereocenters. The predicted molar refractivity (Wildman–Crippen MR) is 101 cm³/mol. The third-order valence-corrected chi connectivity index (χ3v) is 4.73. The van der Waals surface area contributed by atoms with Crippen LogP contribution in [0.25, 0.3) is 0 Å². The summed E-state index contributed by atoms with van der Waals surface area (Å²) in [6, 6.07) is 1.79. The first kappa shape index (κ1) is 25.8. The van der Waals surface area contributed by atoms with E-state index >= 15 is 0 Å². The summed E-state index contributed by atoms with van der Waals surface area (Å²) in [7, 11) is 1.14. The third-order valence-electron chi connectivity index (χ3n) is 4.73. The quantitative estimate of drug-likeness (QED) is 0.173. The number of nitro benzene ring substituents is 1. The van der Waals surface area contributed by atoms with E-state index in [0.29, 0.717) is 6.08 Å². The van der Waals surface area contributed by atoms with E-state index < -0.39 is 53.4 Å². The maximum atomic E-state index is 12.5. The molecule has 0 saturated carbocycles. The van der Waals surface area contributed by atoms with E-state index in [-0.39, 0.29) is 37.2 Å². The van der Waals surface area contributed by atoms with Crippen LogP contribution in [0.15, 0.2) is 24.4 Å². The fourth-order valence-corrected chi connectivity index (χ4v) is 3.04. The molecule has 1 aliphatic rings. The number of ether oxygens (including phenoxy) is 3. The van der Waals surface area contributed by atoms with Crippen molar-refractivity contribution in [3.8, 4) is 11.5 Å². The number of nitrogens with zero attached hydrogens (tertiary/aromatic N) is 2. The molecule has 0 aromatic heterocycles. The van der Waals surface area contributed by atoms with Crippen molar-refractivity contribution in [2.75, 3.05) is 20.2 Å². The Balaban J connectivity index is 1.99. The average Bonchev–Trinajstić information content (AvgIpc) is 2.75. The number of carbonyl (C=O) groups is 2. The first-order valence-corrected chi connectivity index (χ1v) is 9.42. The minimum atomic E-state index is -4.96. The molecular formula is C19H19F5N2O7. The molecule has 1 saturated heterocycles. The summed E-state index contributed by atoms with van der Waals surface area (Å²) in [5.74, 6) is -4.08. The van der Waals surface area contributed by atoms with E-state index in [1.54, 1.807) is 0 Å². The standard InChI is InChI=1S/C19H19F5N2O7/c1-31-14-8-12(13(26(29)30)9-15(14)33-18(20)21)10-32-17(28)11-2-5-25(6-3-11)7-4-16(27)19(22,23)24/h4,7-9,11,18H,2-3,5-6,10H2,1H3. The predicted octanol–water partition coefficient (Wildman–Crippen LogP) is 3.61. The lowest BCUT2D eigenvalue weighted by Gasteiger charge is -2.29. The SMILES string of the molecule is COc1cc(COC(=O)C2CCN(C=CC(=O)C(F)(F)F)CC2)c([N+](=O)[O-])cc1OC(F)F. The molecule has 1 heterocycles. The molecule has 182 valence electrons. The smallest absolute Gasteiger partial charge is 0.454 e. The zero-order valence-electron chi connectivity index (χ0n) is 17.1. The van der Waals surface area contributed by atoms with Crippen LogP contribution in [0, 0.1) is 16.0 Å². The van der Waals surface area contributed by atoms with E-state index in [2.05, 4.69) is 4.74 Å². The van der Waals surface area contributed by atoms with Crippen molar-refractivity contribution in [2.45, 2.75) is 32.2 Å². The van der Waals surface area contributed by atoms with Gasteiger partial charge < -0.3 is 19.1 Å². The van der Waals surface area contributed by atoms with Gasteiger partial charge in [0, 0.05) is 25.4 Å². The molecule has 2 rings (SSSR count).